The second kappa shape index (κ2) is 4.80. The average molecular weight is 282 g/mol. The van der Waals surface area contributed by atoms with Gasteiger partial charge in [0, 0.05) is 6.04 Å². The minimum absolute atomic E-state index is 0.00648. The zero-order valence-corrected chi connectivity index (χ0v) is 12.5. The lowest BCUT2D eigenvalue weighted by Crippen LogP contribution is -2.41. The summed E-state index contributed by atoms with van der Waals surface area (Å²) in [6.07, 6.45) is 2.99. The first-order valence-electron chi connectivity index (χ1n) is 6.61. The van der Waals surface area contributed by atoms with E-state index in [2.05, 4.69) is 18.6 Å². The number of hydrogen-bond donors (Lipinski definition) is 2. The Morgan fingerprint density at radius 2 is 2.05 bits per heavy atom. The monoisotopic (exact) mass is 282 g/mol. The second-order valence-electron chi connectivity index (χ2n) is 6.10. The van der Waals surface area contributed by atoms with Crippen LogP contribution in [0, 0.1) is 12.3 Å². The third-order valence-corrected chi connectivity index (χ3v) is 5.56. The Balaban J connectivity index is 2.28. The zero-order chi connectivity index (χ0) is 14.3. The number of benzene rings is 1. The van der Waals surface area contributed by atoms with Gasteiger partial charge >= 0.3 is 0 Å². The van der Waals surface area contributed by atoms with Crippen LogP contribution < -0.4 is 10.5 Å². The SMILES string of the molecule is Cc1ccc(S(=O)(=O)NC2CCCC2(C)C)c(N)c1. The van der Waals surface area contributed by atoms with E-state index in [9.17, 15) is 8.42 Å². The fourth-order valence-corrected chi connectivity index (χ4v) is 4.26. The summed E-state index contributed by atoms with van der Waals surface area (Å²) in [5.74, 6) is 0. The van der Waals surface area contributed by atoms with E-state index in [0.29, 0.717) is 5.69 Å². The summed E-state index contributed by atoms with van der Waals surface area (Å²) in [7, 11) is -3.54. The summed E-state index contributed by atoms with van der Waals surface area (Å²) in [6.45, 7) is 6.09. The van der Waals surface area contributed by atoms with Crippen LogP contribution in [0.3, 0.4) is 0 Å². The summed E-state index contributed by atoms with van der Waals surface area (Å²) in [4.78, 5) is 0.181. The van der Waals surface area contributed by atoms with Gasteiger partial charge in [0.05, 0.1) is 5.69 Å². The van der Waals surface area contributed by atoms with E-state index in [1.165, 1.54) is 0 Å². The van der Waals surface area contributed by atoms with Gasteiger partial charge in [-0.25, -0.2) is 13.1 Å². The molecule has 0 aliphatic heterocycles. The Morgan fingerprint density at radius 1 is 1.37 bits per heavy atom. The number of sulfonamides is 1. The van der Waals surface area contributed by atoms with Crippen molar-refractivity contribution in [3.63, 3.8) is 0 Å². The van der Waals surface area contributed by atoms with Crippen molar-refractivity contribution in [2.75, 3.05) is 5.73 Å². The highest BCUT2D eigenvalue weighted by Crippen LogP contribution is 2.38. The molecule has 3 N–H and O–H groups in total. The topological polar surface area (TPSA) is 72.2 Å². The van der Waals surface area contributed by atoms with Crippen LogP contribution in [0.4, 0.5) is 5.69 Å². The van der Waals surface area contributed by atoms with Gasteiger partial charge in [-0.2, -0.15) is 0 Å². The average Bonchev–Trinajstić information content (AvgIpc) is 2.56. The van der Waals surface area contributed by atoms with Crippen LogP contribution in [0.1, 0.15) is 38.7 Å². The Kier molecular flexibility index (Phi) is 3.62. The van der Waals surface area contributed by atoms with Gasteiger partial charge in [-0.1, -0.05) is 26.3 Å². The lowest BCUT2D eigenvalue weighted by molar-refractivity contribution is 0.313. The van der Waals surface area contributed by atoms with Crippen molar-refractivity contribution in [1.29, 1.82) is 0 Å². The molecule has 1 aliphatic carbocycles. The van der Waals surface area contributed by atoms with Gasteiger partial charge in [-0.3, -0.25) is 0 Å². The molecule has 0 amide bonds. The molecule has 0 spiro atoms. The molecule has 1 fully saturated rings. The molecule has 4 nitrogen and oxygen atoms in total. The molecule has 1 aromatic carbocycles. The quantitative estimate of drug-likeness (QED) is 0.836. The predicted molar refractivity (Wildman–Crippen MR) is 77.3 cm³/mol. The summed E-state index contributed by atoms with van der Waals surface area (Å²) >= 11 is 0. The molecule has 1 saturated carbocycles. The van der Waals surface area contributed by atoms with Crippen molar-refractivity contribution in [1.82, 2.24) is 4.72 Å². The largest absolute Gasteiger partial charge is 0.398 e. The van der Waals surface area contributed by atoms with Gasteiger partial charge in [0.2, 0.25) is 10.0 Å². The number of hydrogen-bond acceptors (Lipinski definition) is 3. The van der Waals surface area contributed by atoms with Gasteiger partial charge in [0.25, 0.3) is 0 Å². The zero-order valence-electron chi connectivity index (χ0n) is 11.7. The Morgan fingerprint density at radius 3 is 2.58 bits per heavy atom. The first kappa shape index (κ1) is 14.3. The fourth-order valence-electron chi connectivity index (χ4n) is 2.71. The molecule has 1 atom stereocenters. The molecule has 1 unspecified atom stereocenters. The van der Waals surface area contributed by atoms with Gasteiger partial charge < -0.3 is 5.73 Å². The van der Waals surface area contributed by atoms with Crippen molar-refractivity contribution in [2.45, 2.75) is 51.0 Å². The molecule has 19 heavy (non-hydrogen) atoms. The maximum absolute atomic E-state index is 12.4. The minimum atomic E-state index is -3.54. The molecule has 1 aliphatic rings. The highest BCUT2D eigenvalue weighted by Gasteiger charge is 2.37. The maximum Gasteiger partial charge on any atom is 0.242 e. The highest BCUT2D eigenvalue weighted by molar-refractivity contribution is 7.89. The summed E-state index contributed by atoms with van der Waals surface area (Å²) < 4.78 is 27.6. The molecule has 0 radical (unpaired) electrons. The molecular formula is C14H22N2O2S. The molecule has 2 rings (SSSR count). The van der Waals surface area contributed by atoms with E-state index < -0.39 is 10.0 Å². The van der Waals surface area contributed by atoms with Crippen molar-refractivity contribution < 1.29 is 8.42 Å². The Labute approximate surface area is 115 Å². The van der Waals surface area contributed by atoms with Crippen LogP contribution in [-0.2, 0) is 10.0 Å². The Hall–Kier alpha value is -1.07. The van der Waals surface area contributed by atoms with Crippen LogP contribution >= 0.6 is 0 Å². The Bertz CT molecular complexity index is 579. The number of anilines is 1. The van der Waals surface area contributed by atoms with Gasteiger partial charge in [-0.15, -0.1) is 0 Å². The lowest BCUT2D eigenvalue weighted by atomic mass is 9.88. The van der Waals surface area contributed by atoms with E-state index in [1.54, 1.807) is 18.2 Å². The molecule has 5 heteroatoms. The first-order chi connectivity index (χ1) is 8.72. The number of rotatable bonds is 3. The normalized spacial score (nSPS) is 22.6. The molecule has 1 aromatic rings. The summed E-state index contributed by atoms with van der Waals surface area (Å²) in [5, 5.41) is 0. The molecule has 0 bridgehead atoms. The van der Waals surface area contributed by atoms with E-state index in [4.69, 9.17) is 5.73 Å². The van der Waals surface area contributed by atoms with E-state index in [-0.39, 0.29) is 16.4 Å². The van der Waals surface area contributed by atoms with E-state index in [0.717, 1.165) is 24.8 Å². The van der Waals surface area contributed by atoms with Gasteiger partial charge in [0.1, 0.15) is 4.90 Å². The smallest absolute Gasteiger partial charge is 0.242 e. The van der Waals surface area contributed by atoms with Crippen molar-refractivity contribution in [2.24, 2.45) is 5.41 Å². The van der Waals surface area contributed by atoms with Crippen LogP contribution in [0.15, 0.2) is 23.1 Å². The molecule has 0 saturated heterocycles. The van der Waals surface area contributed by atoms with Crippen LogP contribution in [0.25, 0.3) is 0 Å². The van der Waals surface area contributed by atoms with Crippen molar-refractivity contribution >= 4 is 15.7 Å². The standard InChI is InChI=1S/C14H22N2O2S/c1-10-6-7-12(11(15)9-10)19(17,18)16-13-5-4-8-14(13,2)3/h6-7,9,13,16H,4-5,8,15H2,1-3H3. The van der Waals surface area contributed by atoms with Gasteiger partial charge in [-0.05, 0) is 42.9 Å². The van der Waals surface area contributed by atoms with Crippen molar-refractivity contribution in [3.05, 3.63) is 23.8 Å². The maximum atomic E-state index is 12.4. The van der Waals surface area contributed by atoms with Gasteiger partial charge in [0.15, 0.2) is 0 Å². The third kappa shape index (κ3) is 2.92. The molecule has 0 aromatic heterocycles. The molecule has 0 heterocycles. The first-order valence-corrected chi connectivity index (χ1v) is 8.09. The van der Waals surface area contributed by atoms with Crippen molar-refractivity contribution in [3.8, 4) is 0 Å². The van der Waals surface area contributed by atoms with Crippen LogP contribution in [-0.4, -0.2) is 14.5 Å². The number of nitrogens with two attached hydrogens (primary N) is 1. The predicted octanol–water partition coefficient (Wildman–Crippen LogP) is 2.43. The number of nitrogen functional groups attached to an aromatic ring is 1. The van der Waals surface area contributed by atoms with Crippen LogP contribution in [0.5, 0.6) is 0 Å². The second-order valence-corrected chi connectivity index (χ2v) is 7.78. The van der Waals surface area contributed by atoms with E-state index in [1.807, 2.05) is 6.92 Å². The molecular weight excluding hydrogens is 260 g/mol. The third-order valence-electron chi connectivity index (χ3n) is 4.01. The summed E-state index contributed by atoms with van der Waals surface area (Å²) in [5.41, 5.74) is 7.10. The minimum Gasteiger partial charge on any atom is -0.398 e. The summed E-state index contributed by atoms with van der Waals surface area (Å²) in [6, 6.07) is 5.02. The number of aryl methyl sites for hydroxylation is 1. The van der Waals surface area contributed by atoms with E-state index >= 15 is 0 Å². The fraction of sp³-hybridized carbons (Fsp3) is 0.571. The van der Waals surface area contributed by atoms with Crippen LogP contribution in [0.2, 0.25) is 0 Å². The highest BCUT2D eigenvalue weighted by atomic mass is 32.2. The number of nitrogens with one attached hydrogen (secondary N) is 1. The lowest BCUT2D eigenvalue weighted by Gasteiger charge is -2.27. The molecule has 106 valence electrons.